The van der Waals surface area contributed by atoms with E-state index in [1.54, 1.807) is 4.68 Å². The van der Waals surface area contributed by atoms with Gasteiger partial charge >= 0.3 is 0 Å². The van der Waals surface area contributed by atoms with Gasteiger partial charge in [-0.15, -0.1) is 0 Å². The second-order valence-corrected chi connectivity index (χ2v) is 8.85. The number of hydrogen-bond acceptors (Lipinski definition) is 4. The molecular weight excluding hydrogens is 376 g/mol. The lowest BCUT2D eigenvalue weighted by atomic mass is 9.56. The van der Waals surface area contributed by atoms with Gasteiger partial charge in [-0.1, -0.05) is 44.2 Å². The highest BCUT2D eigenvalue weighted by molar-refractivity contribution is 5.98. The average Bonchev–Trinajstić information content (AvgIpc) is 3.35. The number of imidazole rings is 1. The molecule has 0 unspecified atom stereocenters. The van der Waals surface area contributed by atoms with E-state index >= 15 is 0 Å². The number of nitrogens with zero attached hydrogens (tertiary/aromatic N) is 4. The first-order chi connectivity index (χ1) is 14.4. The first-order valence-electron chi connectivity index (χ1n) is 10.5. The van der Waals surface area contributed by atoms with E-state index in [4.69, 9.17) is 4.98 Å². The zero-order chi connectivity index (χ0) is 21.0. The average molecular weight is 402 g/mol. The van der Waals surface area contributed by atoms with Crippen molar-refractivity contribution in [2.24, 2.45) is 18.9 Å². The Labute approximate surface area is 175 Å². The number of benzene rings is 1. The maximum absolute atomic E-state index is 12.7. The molecule has 0 radical (unpaired) electrons. The van der Waals surface area contributed by atoms with E-state index in [0.717, 1.165) is 41.9 Å². The summed E-state index contributed by atoms with van der Waals surface area (Å²) in [5, 5.41) is 14.1. The van der Waals surface area contributed by atoms with E-state index < -0.39 is 0 Å². The van der Waals surface area contributed by atoms with Crippen LogP contribution in [0.25, 0.3) is 17.1 Å². The topological polar surface area (TPSA) is 72.9 Å². The predicted molar refractivity (Wildman–Crippen MR) is 114 cm³/mol. The molecular formula is C24H26N4O2. The molecule has 1 aromatic carbocycles. The number of fused-ring (bicyclic) bond motifs is 3. The van der Waals surface area contributed by atoms with Crippen LogP contribution in [0.1, 0.15) is 38.1 Å². The third-order valence-corrected chi connectivity index (χ3v) is 7.05. The second kappa shape index (κ2) is 6.69. The zero-order valence-electron chi connectivity index (χ0n) is 17.5. The van der Waals surface area contributed by atoms with Gasteiger partial charge in [0.2, 0.25) is 0 Å². The lowest BCUT2D eigenvalue weighted by Crippen LogP contribution is -2.48. The number of aliphatic hydroxyl groups is 1. The third-order valence-electron chi connectivity index (χ3n) is 7.05. The molecule has 2 aromatic heterocycles. The first kappa shape index (κ1) is 18.9. The Morgan fingerprint density at radius 1 is 1.27 bits per heavy atom. The molecule has 0 saturated heterocycles. The summed E-state index contributed by atoms with van der Waals surface area (Å²) in [5.41, 5.74) is 4.47. The van der Waals surface area contributed by atoms with Crippen molar-refractivity contribution in [1.29, 1.82) is 0 Å². The molecule has 154 valence electrons. The van der Waals surface area contributed by atoms with Crippen molar-refractivity contribution in [2.45, 2.75) is 38.5 Å². The predicted octanol–water partition coefficient (Wildman–Crippen LogP) is 4.14. The van der Waals surface area contributed by atoms with Gasteiger partial charge in [0.15, 0.2) is 5.78 Å². The fourth-order valence-corrected chi connectivity index (χ4v) is 5.59. The molecule has 0 bridgehead atoms. The molecule has 3 atom stereocenters. The van der Waals surface area contributed by atoms with Crippen LogP contribution in [0.5, 0.6) is 0 Å². The van der Waals surface area contributed by atoms with E-state index in [0.29, 0.717) is 12.0 Å². The number of ketones is 1. The number of aryl methyl sites for hydroxylation is 1. The summed E-state index contributed by atoms with van der Waals surface area (Å²) in [6.07, 6.45) is 7.19. The number of carbonyl (C=O) groups is 1. The van der Waals surface area contributed by atoms with Gasteiger partial charge in [-0.3, -0.25) is 14.0 Å². The van der Waals surface area contributed by atoms with E-state index in [1.807, 2.05) is 44.6 Å². The smallest absolute Gasteiger partial charge is 0.165 e. The lowest BCUT2D eigenvalue weighted by molar-refractivity contribution is -0.124. The van der Waals surface area contributed by atoms with Gasteiger partial charge in [0.1, 0.15) is 5.82 Å². The van der Waals surface area contributed by atoms with Gasteiger partial charge in [0.25, 0.3) is 0 Å². The van der Waals surface area contributed by atoms with Crippen molar-refractivity contribution in [3.8, 4) is 17.1 Å². The summed E-state index contributed by atoms with van der Waals surface area (Å²) in [5.74, 6) is 1.05. The molecule has 2 heterocycles. The minimum Gasteiger partial charge on any atom is -0.515 e. The fraction of sp³-hybridized carbons (Fsp3) is 0.375. The van der Waals surface area contributed by atoms with Crippen LogP contribution < -0.4 is 0 Å². The highest BCUT2D eigenvalue weighted by Crippen LogP contribution is 2.53. The number of Topliss-reactive ketones (excluding diaryl/α,β-unsaturated/α-hetero) is 1. The van der Waals surface area contributed by atoms with Gasteiger partial charge in [-0.25, -0.2) is 4.98 Å². The molecule has 6 heteroatoms. The molecule has 2 aliphatic rings. The van der Waals surface area contributed by atoms with Crippen molar-refractivity contribution in [1.82, 2.24) is 19.3 Å². The third kappa shape index (κ3) is 2.59. The van der Waals surface area contributed by atoms with Crippen LogP contribution in [-0.4, -0.2) is 30.2 Å². The van der Waals surface area contributed by atoms with Gasteiger partial charge in [-0.2, -0.15) is 5.10 Å². The highest BCUT2D eigenvalue weighted by Gasteiger charge is 2.52. The van der Waals surface area contributed by atoms with Crippen molar-refractivity contribution in [2.75, 3.05) is 0 Å². The van der Waals surface area contributed by atoms with Crippen molar-refractivity contribution in [3.63, 3.8) is 0 Å². The molecule has 0 amide bonds. The summed E-state index contributed by atoms with van der Waals surface area (Å²) >= 11 is 0. The standard InChI is InChI=1S/C24H26N4O2/c1-15-19-9-10-20-22(24(19,2)11-17(14-29)21(15)30)26-23(16-7-5-4-6-8-16)28(20)18-12-25-27(3)13-18/h4-8,12-15,19,29H,9-11H2,1-3H3/b17-14-/t15-,19-,24-/m0/s1. The van der Waals surface area contributed by atoms with Gasteiger partial charge in [0.05, 0.1) is 23.8 Å². The molecule has 1 N–H and O–H groups in total. The first-order valence-corrected chi connectivity index (χ1v) is 10.5. The lowest BCUT2D eigenvalue weighted by Gasteiger charge is -2.47. The molecule has 0 aliphatic heterocycles. The largest absolute Gasteiger partial charge is 0.515 e. The Morgan fingerprint density at radius 3 is 2.70 bits per heavy atom. The normalized spacial score (nSPS) is 27.2. The molecule has 6 nitrogen and oxygen atoms in total. The number of allylic oxidation sites excluding steroid dienone is 1. The molecule has 5 rings (SSSR count). The Bertz CT molecular complexity index is 1160. The van der Waals surface area contributed by atoms with Crippen LogP contribution in [0.15, 0.2) is 54.6 Å². The minimum absolute atomic E-state index is 0.0680. The fourth-order valence-electron chi connectivity index (χ4n) is 5.59. The Kier molecular flexibility index (Phi) is 4.20. The Morgan fingerprint density at radius 2 is 2.03 bits per heavy atom. The quantitative estimate of drug-likeness (QED) is 0.516. The van der Waals surface area contributed by atoms with E-state index in [2.05, 4.69) is 28.7 Å². The van der Waals surface area contributed by atoms with Crippen LogP contribution in [0.4, 0.5) is 0 Å². The minimum atomic E-state index is -0.299. The van der Waals surface area contributed by atoms with Crippen LogP contribution >= 0.6 is 0 Å². The zero-order valence-corrected chi connectivity index (χ0v) is 17.5. The molecule has 3 aromatic rings. The molecule has 2 aliphatic carbocycles. The number of aromatic nitrogens is 4. The Balaban J connectivity index is 1.75. The van der Waals surface area contributed by atoms with Crippen LogP contribution in [0, 0.1) is 11.8 Å². The number of rotatable bonds is 2. The number of hydrogen-bond donors (Lipinski definition) is 1. The maximum atomic E-state index is 12.7. The van der Waals surface area contributed by atoms with Crippen molar-refractivity contribution >= 4 is 5.78 Å². The summed E-state index contributed by atoms with van der Waals surface area (Å²) in [4.78, 5) is 17.9. The van der Waals surface area contributed by atoms with Crippen molar-refractivity contribution < 1.29 is 9.90 Å². The maximum Gasteiger partial charge on any atom is 0.165 e. The van der Waals surface area contributed by atoms with E-state index in [1.165, 1.54) is 5.69 Å². The molecule has 1 fully saturated rings. The summed E-state index contributed by atoms with van der Waals surface area (Å²) in [6.45, 7) is 4.20. The van der Waals surface area contributed by atoms with Crippen LogP contribution in [0.3, 0.4) is 0 Å². The van der Waals surface area contributed by atoms with Crippen molar-refractivity contribution in [3.05, 3.63) is 65.9 Å². The van der Waals surface area contributed by atoms with E-state index in [-0.39, 0.29) is 23.0 Å². The van der Waals surface area contributed by atoms with Gasteiger partial charge in [0, 0.05) is 41.4 Å². The van der Waals surface area contributed by atoms with Gasteiger partial charge < -0.3 is 5.11 Å². The molecule has 0 spiro atoms. The SMILES string of the molecule is C[C@@H]1C(=O)/C(=C\O)C[C@]2(C)c3nc(-c4ccccc4)n(-c4cnn(C)c4)c3CC[C@@H]12. The second-order valence-electron chi connectivity index (χ2n) is 8.85. The summed E-state index contributed by atoms with van der Waals surface area (Å²) < 4.78 is 4.03. The van der Waals surface area contributed by atoms with E-state index in [9.17, 15) is 9.90 Å². The highest BCUT2D eigenvalue weighted by atomic mass is 16.2. The monoisotopic (exact) mass is 402 g/mol. The number of aliphatic hydroxyl groups excluding tert-OH is 1. The van der Waals surface area contributed by atoms with Crippen LogP contribution in [0.2, 0.25) is 0 Å². The van der Waals surface area contributed by atoms with Gasteiger partial charge in [-0.05, 0) is 25.2 Å². The molecule has 1 saturated carbocycles. The Hall–Kier alpha value is -3.15. The summed E-state index contributed by atoms with van der Waals surface area (Å²) in [7, 11) is 1.92. The molecule has 30 heavy (non-hydrogen) atoms. The summed E-state index contributed by atoms with van der Waals surface area (Å²) in [6, 6.07) is 10.2. The number of carbonyl (C=O) groups excluding carboxylic acids is 1. The van der Waals surface area contributed by atoms with Crippen LogP contribution in [-0.2, 0) is 23.7 Å².